The van der Waals surface area contributed by atoms with Gasteiger partial charge in [-0.2, -0.15) is 5.10 Å². The average molecular weight is 218 g/mol. The van der Waals surface area contributed by atoms with E-state index < -0.39 is 0 Å². The van der Waals surface area contributed by atoms with E-state index in [0.717, 1.165) is 5.88 Å². The van der Waals surface area contributed by atoms with Crippen molar-refractivity contribution in [2.24, 2.45) is 10.8 Å². The predicted molar refractivity (Wildman–Crippen MR) is 51.3 cm³/mol. The molecule has 0 aromatic rings. The molecule has 0 saturated heterocycles. The van der Waals surface area contributed by atoms with Crippen molar-refractivity contribution in [3.05, 3.63) is 0 Å². The second kappa shape index (κ2) is 6.57. The smallest absolute Gasteiger partial charge is 0.238 e. The first-order valence-corrected chi connectivity index (χ1v) is 3.51. The van der Waals surface area contributed by atoms with Crippen molar-refractivity contribution < 1.29 is 4.79 Å². The number of hydrogen-bond donors (Lipinski definition) is 1. The minimum Gasteiger partial charge on any atom is -0.368 e. The van der Waals surface area contributed by atoms with Crippen molar-refractivity contribution in [3.8, 4) is 0 Å². The maximum Gasteiger partial charge on any atom is 0.238 e. The monoisotopic (exact) mass is 217 g/mol. The number of halogens is 2. The number of rotatable bonds is 2. The van der Waals surface area contributed by atoms with Crippen molar-refractivity contribution in [1.82, 2.24) is 5.01 Å². The minimum atomic E-state index is -0.338. The third kappa shape index (κ3) is 5.17. The lowest BCUT2D eigenvalue weighted by molar-refractivity contribution is -0.118. The van der Waals surface area contributed by atoms with Crippen LogP contribution in [0, 0.1) is 0 Å². The molecule has 0 aromatic heterocycles. The number of hydrogen-bond acceptors (Lipinski definition) is 4. The molecule has 0 radical (unpaired) electrons. The first-order valence-electron chi connectivity index (χ1n) is 2.46. The molecule has 0 aliphatic carbocycles. The molecule has 1 rings (SSSR count). The second-order valence-corrected chi connectivity index (χ2v) is 2.45. The maximum atomic E-state index is 10.3. The zero-order chi connectivity index (χ0) is 6.69. The standard InChI is InChI=1S/C4H7N3OS.2ClH/c5-4(8)1-7-3-9-2-6-7;;/h2H,1,3H2,(H2,5,8);2*1H. The Morgan fingerprint density at radius 1 is 1.73 bits per heavy atom. The van der Waals surface area contributed by atoms with Crippen LogP contribution in [0.3, 0.4) is 0 Å². The Labute approximate surface area is 81.4 Å². The van der Waals surface area contributed by atoms with Gasteiger partial charge in [0.15, 0.2) is 0 Å². The van der Waals surface area contributed by atoms with Gasteiger partial charge in [-0.05, 0) is 0 Å². The Morgan fingerprint density at radius 3 is 2.73 bits per heavy atom. The van der Waals surface area contributed by atoms with Crippen molar-refractivity contribution in [2.45, 2.75) is 0 Å². The Hall–Kier alpha value is -0.130. The summed E-state index contributed by atoms with van der Waals surface area (Å²) in [7, 11) is 0. The first kappa shape index (κ1) is 13.5. The van der Waals surface area contributed by atoms with E-state index in [-0.39, 0.29) is 37.3 Å². The van der Waals surface area contributed by atoms with Gasteiger partial charge in [0.1, 0.15) is 6.54 Å². The summed E-state index contributed by atoms with van der Waals surface area (Å²) in [4.78, 5) is 10.3. The lowest BCUT2D eigenvalue weighted by atomic mass is 10.6. The fraction of sp³-hybridized carbons (Fsp3) is 0.500. The van der Waals surface area contributed by atoms with Gasteiger partial charge in [0.05, 0.1) is 11.4 Å². The number of thioether (sulfide) groups is 1. The van der Waals surface area contributed by atoms with Crippen LogP contribution in [0.15, 0.2) is 5.10 Å². The summed E-state index contributed by atoms with van der Waals surface area (Å²) >= 11 is 1.55. The van der Waals surface area contributed by atoms with E-state index in [0.29, 0.717) is 0 Å². The van der Waals surface area contributed by atoms with E-state index >= 15 is 0 Å². The van der Waals surface area contributed by atoms with Crippen LogP contribution in [0.5, 0.6) is 0 Å². The summed E-state index contributed by atoms with van der Waals surface area (Å²) in [5.41, 5.74) is 6.61. The molecule has 1 aliphatic heterocycles. The van der Waals surface area contributed by atoms with Gasteiger partial charge in [-0.3, -0.25) is 9.80 Å². The molecular formula is C4H9Cl2N3OS. The minimum absolute atomic E-state index is 0. The molecule has 0 unspecified atom stereocenters. The molecule has 1 amide bonds. The summed E-state index contributed by atoms with van der Waals surface area (Å²) in [5.74, 6) is 0.401. The highest BCUT2D eigenvalue weighted by molar-refractivity contribution is 8.12. The Kier molecular flexibility index (Phi) is 8.04. The van der Waals surface area contributed by atoms with Gasteiger partial charge < -0.3 is 5.73 Å². The molecular weight excluding hydrogens is 209 g/mol. The van der Waals surface area contributed by atoms with Crippen molar-refractivity contribution in [3.63, 3.8) is 0 Å². The Balaban J connectivity index is 0. The summed E-state index contributed by atoms with van der Waals surface area (Å²) < 4.78 is 0. The molecule has 1 heterocycles. The summed E-state index contributed by atoms with van der Waals surface area (Å²) in [6, 6.07) is 0. The molecule has 1 aliphatic rings. The summed E-state index contributed by atoms with van der Waals surface area (Å²) in [5, 5.41) is 5.46. The third-order valence-electron chi connectivity index (χ3n) is 0.847. The van der Waals surface area contributed by atoms with Crippen LogP contribution in [0.25, 0.3) is 0 Å². The third-order valence-corrected chi connectivity index (χ3v) is 1.54. The van der Waals surface area contributed by atoms with Crippen LogP contribution in [0.4, 0.5) is 0 Å². The lowest BCUT2D eigenvalue weighted by Gasteiger charge is -2.07. The zero-order valence-electron chi connectivity index (χ0n) is 5.60. The molecule has 0 bridgehead atoms. The van der Waals surface area contributed by atoms with E-state index in [1.54, 1.807) is 22.3 Å². The molecule has 0 atom stereocenters. The van der Waals surface area contributed by atoms with Gasteiger partial charge in [0, 0.05) is 0 Å². The number of nitrogens with zero attached hydrogens (tertiary/aromatic N) is 2. The quantitative estimate of drug-likeness (QED) is 0.723. The van der Waals surface area contributed by atoms with E-state index in [2.05, 4.69) is 5.10 Å². The van der Waals surface area contributed by atoms with Crippen LogP contribution in [-0.2, 0) is 4.79 Å². The van der Waals surface area contributed by atoms with Crippen molar-refractivity contribution in [1.29, 1.82) is 0 Å². The van der Waals surface area contributed by atoms with Gasteiger partial charge in [-0.25, -0.2) is 0 Å². The SMILES string of the molecule is Cl.Cl.NC(=O)CN1CSC=N1. The van der Waals surface area contributed by atoms with Crippen LogP contribution < -0.4 is 5.73 Å². The molecule has 66 valence electrons. The van der Waals surface area contributed by atoms with E-state index in [1.165, 1.54) is 0 Å². The van der Waals surface area contributed by atoms with Crippen LogP contribution in [-0.4, -0.2) is 28.9 Å². The zero-order valence-corrected chi connectivity index (χ0v) is 8.05. The Morgan fingerprint density at radius 2 is 2.36 bits per heavy atom. The predicted octanol–water partition coefficient (Wildman–Crippen LogP) is 0.265. The van der Waals surface area contributed by atoms with Gasteiger partial charge in [-0.15, -0.1) is 24.8 Å². The maximum absolute atomic E-state index is 10.3. The fourth-order valence-corrected chi connectivity index (χ4v) is 1.12. The normalized spacial score (nSPS) is 13.6. The number of nitrogens with two attached hydrogens (primary N) is 1. The number of primary amides is 1. The average Bonchev–Trinajstić information content (AvgIpc) is 2.15. The molecule has 4 nitrogen and oxygen atoms in total. The number of hydrazone groups is 1. The number of carbonyl (C=O) groups is 1. The molecule has 0 fully saturated rings. The summed E-state index contributed by atoms with van der Waals surface area (Å²) in [6.45, 7) is 0.226. The lowest BCUT2D eigenvalue weighted by Crippen LogP contribution is -2.27. The van der Waals surface area contributed by atoms with Gasteiger partial charge in [0.2, 0.25) is 5.91 Å². The molecule has 2 N–H and O–H groups in total. The van der Waals surface area contributed by atoms with Crippen LogP contribution in [0.2, 0.25) is 0 Å². The second-order valence-electron chi connectivity index (χ2n) is 1.65. The van der Waals surface area contributed by atoms with Gasteiger partial charge in [0.25, 0.3) is 0 Å². The fourth-order valence-electron chi connectivity index (χ4n) is 0.519. The molecule has 7 heteroatoms. The van der Waals surface area contributed by atoms with Crippen LogP contribution in [0.1, 0.15) is 0 Å². The highest BCUT2D eigenvalue weighted by Crippen LogP contribution is 2.07. The van der Waals surface area contributed by atoms with Crippen molar-refractivity contribution in [2.75, 3.05) is 12.4 Å². The van der Waals surface area contributed by atoms with E-state index in [1.807, 2.05) is 0 Å². The highest BCUT2D eigenvalue weighted by atomic mass is 35.5. The molecule has 0 aromatic carbocycles. The van der Waals surface area contributed by atoms with E-state index in [4.69, 9.17) is 5.73 Å². The molecule has 0 saturated carbocycles. The first-order chi connectivity index (χ1) is 4.29. The largest absolute Gasteiger partial charge is 0.368 e. The molecule has 0 spiro atoms. The topological polar surface area (TPSA) is 58.7 Å². The number of carbonyl (C=O) groups excluding carboxylic acids is 1. The highest BCUT2D eigenvalue weighted by Gasteiger charge is 2.07. The Bertz CT molecular complexity index is 154. The number of amides is 1. The van der Waals surface area contributed by atoms with E-state index in [9.17, 15) is 4.79 Å². The van der Waals surface area contributed by atoms with Gasteiger partial charge in [-0.1, -0.05) is 11.8 Å². The van der Waals surface area contributed by atoms with Gasteiger partial charge >= 0.3 is 0 Å². The summed E-state index contributed by atoms with van der Waals surface area (Å²) in [6.07, 6.45) is 0. The van der Waals surface area contributed by atoms with Crippen LogP contribution >= 0.6 is 36.6 Å². The molecule has 11 heavy (non-hydrogen) atoms. The van der Waals surface area contributed by atoms with Crippen molar-refractivity contribution >= 4 is 48.0 Å².